The highest BCUT2D eigenvalue weighted by Crippen LogP contribution is 2.05. The summed E-state index contributed by atoms with van der Waals surface area (Å²) in [6.45, 7) is 3.80. The molecule has 1 atom stereocenters. The van der Waals surface area contributed by atoms with Gasteiger partial charge in [0.1, 0.15) is 11.6 Å². The van der Waals surface area contributed by atoms with E-state index in [4.69, 9.17) is 9.84 Å². The Kier molecular flexibility index (Phi) is 4.19. The Hall–Kier alpha value is -1.69. The van der Waals surface area contributed by atoms with E-state index in [0.29, 0.717) is 11.6 Å². The Labute approximate surface area is 93.7 Å². The normalized spacial score (nSPS) is 12.2. The van der Waals surface area contributed by atoms with Gasteiger partial charge in [-0.05, 0) is 13.8 Å². The van der Waals surface area contributed by atoms with Gasteiger partial charge in [-0.15, -0.1) is 0 Å². The Morgan fingerprint density at radius 2 is 2.25 bits per heavy atom. The van der Waals surface area contributed by atoms with Crippen molar-refractivity contribution in [2.24, 2.45) is 0 Å². The lowest BCUT2D eigenvalue weighted by atomic mass is 10.3. The molecule has 0 aliphatic heterocycles. The molecule has 1 aromatic rings. The van der Waals surface area contributed by atoms with Gasteiger partial charge in [0.25, 0.3) is 0 Å². The molecule has 0 saturated heterocycles. The van der Waals surface area contributed by atoms with E-state index >= 15 is 0 Å². The SMILES string of the molecule is COC(CNc1cc(C)nc(C)n1)C(=O)O. The number of anilines is 1. The lowest BCUT2D eigenvalue weighted by Gasteiger charge is -2.12. The number of nitrogens with zero attached hydrogens (tertiary/aromatic N) is 2. The average molecular weight is 225 g/mol. The summed E-state index contributed by atoms with van der Waals surface area (Å²) in [4.78, 5) is 18.9. The molecule has 0 bridgehead atoms. The second kappa shape index (κ2) is 5.41. The van der Waals surface area contributed by atoms with Gasteiger partial charge in [0.05, 0.1) is 6.54 Å². The van der Waals surface area contributed by atoms with E-state index in [1.54, 1.807) is 13.0 Å². The third-order valence-corrected chi connectivity index (χ3v) is 1.99. The lowest BCUT2D eigenvalue weighted by Crippen LogP contribution is -2.30. The van der Waals surface area contributed by atoms with Gasteiger partial charge >= 0.3 is 5.97 Å². The summed E-state index contributed by atoms with van der Waals surface area (Å²) < 4.78 is 4.79. The van der Waals surface area contributed by atoms with Crippen molar-refractivity contribution in [3.63, 3.8) is 0 Å². The number of carboxylic acids is 1. The van der Waals surface area contributed by atoms with Crippen molar-refractivity contribution in [2.45, 2.75) is 20.0 Å². The fourth-order valence-electron chi connectivity index (χ4n) is 1.28. The maximum absolute atomic E-state index is 10.7. The van der Waals surface area contributed by atoms with Gasteiger partial charge in [0.15, 0.2) is 6.10 Å². The number of aliphatic carboxylic acids is 1. The van der Waals surface area contributed by atoms with Gasteiger partial charge in [-0.2, -0.15) is 0 Å². The number of carboxylic acid groups (broad SMARTS) is 1. The van der Waals surface area contributed by atoms with Crippen LogP contribution >= 0.6 is 0 Å². The van der Waals surface area contributed by atoms with Gasteiger partial charge < -0.3 is 15.2 Å². The highest BCUT2D eigenvalue weighted by Gasteiger charge is 2.15. The predicted molar refractivity (Wildman–Crippen MR) is 58.4 cm³/mol. The Morgan fingerprint density at radius 1 is 1.56 bits per heavy atom. The quantitative estimate of drug-likeness (QED) is 0.763. The van der Waals surface area contributed by atoms with Crippen LogP contribution in [0, 0.1) is 13.8 Å². The summed E-state index contributed by atoms with van der Waals surface area (Å²) in [5.41, 5.74) is 0.833. The number of carbonyl (C=O) groups is 1. The Balaban J connectivity index is 2.63. The molecule has 0 fully saturated rings. The maximum Gasteiger partial charge on any atom is 0.334 e. The zero-order valence-electron chi connectivity index (χ0n) is 9.52. The molecule has 1 aromatic heterocycles. The summed E-state index contributed by atoms with van der Waals surface area (Å²) in [5, 5.41) is 11.7. The van der Waals surface area contributed by atoms with Crippen molar-refractivity contribution in [3.05, 3.63) is 17.6 Å². The highest BCUT2D eigenvalue weighted by molar-refractivity contribution is 5.73. The number of aryl methyl sites for hydroxylation is 2. The molecule has 6 heteroatoms. The van der Waals surface area contributed by atoms with E-state index in [-0.39, 0.29) is 6.54 Å². The van der Waals surface area contributed by atoms with E-state index in [1.165, 1.54) is 7.11 Å². The first-order valence-corrected chi connectivity index (χ1v) is 4.84. The number of methoxy groups -OCH3 is 1. The third-order valence-electron chi connectivity index (χ3n) is 1.99. The number of hydrogen-bond donors (Lipinski definition) is 2. The fraction of sp³-hybridized carbons (Fsp3) is 0.500. The largest absolute Gasteiger partial charge is 0.479 e. The molecular formula is C10H15N3O3. The monoisotopic (exact) mass is 225 g/mol. The van der Waals surface area contributed by atoms with Gasteiger partial charge in [0, 0.05) is 18.9 Å². The van der Waals surface area contributed by atoms with Crippen LogP contribution in [0.4, 0.5) is 5.82 Å². The van der Waals surface area contributed by atoms with Crippen LogP contribution in [0.3, 0.4) is 0 Å². The standard InChI is InChI=1S/C10H15N3O3/c1-6-4-9(13-7(2)12-6)11-5-8(16-3)10(14)15/h4,8H,5H2,1-3H3,(H,14,15)(H,11,12,13). The van der Waals surface area contributed by atoms with Crippen molar-refractivity contribution in [1.29, 1.82) is 0 Å². The molecule has 0 saturated carbocycles. The minimum atomic E-state index is -1.00. The number of rotatable bonds is 5. The Bertz CT molecular complexity index is 361. The minimum absolute atomic E-state index is 0.168. The molecular weight excluding hydrogens is 210 g/mol. The van der Waals surface area contributed by atoms with Crippen LogP contribution in [0.15, 0.2) is 6.07 Å². The van der Waals surface area contributed by atoms with Crippen molar-refractivity contribution in [3.8, 4) is 0 Å². The van der Waals surface area contributed by atoms with Gasteiger partial charge in [-0.3, -0.25) is 0 Å². The summed E-state index contributed by atoms with van der Waals surface area (Å²) in [6, 6.07) is 1.75. The number of ether oxygens (including phenoxy) is 1. The number of nitrogens with one attached hydrogen (secondary N) is 1. The van der Waals surface area contributed by atoms with Crippen LogP contribution in [0.5, 0.6) is 0 Å². The Morgan fingerprint density at radius 3 is 2.75 bits per heavy atom. The van der Waals surface area contributed by atoms with Gasteiger partial charge in [-0.1, -0.05) is 0 Å². The zero-order chi connectivity index (χ0) is 12.1. The van der Waals surface area contributed by atoms with Crippen LogP contribution < -0.4 is 5.32 Å². The number of aromatic nitrogens is 2. The van der Waals surface area contributed by atoms with E-state index < -0.39 is 12.1 Å². The van der Waals surface area contributed by atoms with E-state index in [1.807, 2.05) is 6.92 Å². The van der Waals surface area contributed by atoms with Gasteiger partial charge in [0.2, 0.25) is 0 Å². The maximum atomic E-state index is 10.7. The second-order valence-electron chi connectivity index (χ2n) is 3.39. The molecule has 0 spiro atoms. The molecule has 0 aromatic carbocycles. The summed E-state index contributed by atoms with van der Waals surface area (Å²) in [5.74, 6) is 0.248. The molecule has 16 heavy (non-hydrogen) atoms. The third kappa shape index (κ3) is 3.47. The van der Waals surface area contributed by atoms with E-state index in [9.17, 15) is 4.79 Å². The topological polar surface area (TPSA) is 84.3 Å². The van der Waals surface area contributed by atoms with Crippen LogP contribution in [0.1, 0.15) is 11.5 Å². The van der Waals surface area contributed by atoms with Crippen LogP contribution in [0.2, 0.25) is 0 Å². The molecule has 0 amide bonds. The predicted octanol–water partition coefficient (Wildman–Crippen LogP) is 0.605. The molecule has 1 rings (SSSR count). The molecule has 88 valence electrons. The molecule has 0 radical (unpaired) electrons. The first-order chi connectivity index (χ1) is 7.52. The molecule has 2 N–H and O–H groups in total. The number of hydrogen-bond acceptors (Lipinski definition) is 5. The first kappa shape index (κ1) is 12.4. The molecule has 1 heterocycles. The first-order valence-electron chi connectivity index (χ1n) is 4.84. The molecule has 1 unspecified atom stereocenters. The second-order valence-corrected chi connectivity index (χ2v) is 3.39. The summed E-state index contributed by atoms with van der Waals surface area (Å²) >= 11 is 0. The van der Waals surface area contributed by atoms with Crippen molar-refractivity contribution < 1.29 is 14.6 Å². The summed E-state index contributed by atoms with van der Waals surface area (Å²) in [6.07, 6.45) is -0.879. The molecule has 0 aliphatic carbocycles. The summed E-state index contributed by atoms with van der Waals surface area (Å²) in [7, 11) is 1.36. The van der Waals surface area contributed by atoms with Crippen LogP contribution in [-0.4, -0.2) is 40.8 Å². The van der Waals surface area contributed by atoms with Gasteiger partial charge in [-0.25, -0.2) is 14.8 Å². The average Bonchev–Trinajstić information content (AvgIpc) is 2.16. The lowest BCUT2D eigenvalue weighted by molar-refractivity contribution is -0.147. The van der Waals surface area contributed by atoms with E-state index in [0.717, 1.165) is 5.69 Å². The smallest absolute Gasteiger partial charge is 0.334 e. The highest BCUT2D eigenvalue weighted by atomic mass is 16.5. The zero-order valence-corrected chi connectivity index (χ0v) is 9.52. The fourth-order valence-corrected chi connectivity index (χ4v) is 1.28. The van der Waals surface area contributed by atoms with Crippen LogP contribution in [-0.2, 0) is 9.53 Å². The van der Waals surface area contributed by atoms with Crippen molar-refractivity contribution in [1.82, 2.24) is 9.97 Å². The molecule has 6 nitrogen and oxygen atoms in total. The van der Waals surface area contributed by atoms with E-state index in [2.05, 4.69) is 15.3 Å². The minimum Gasteiger partial charge on any atom is -0.479 e. The van der Waals surface area contributed by atoms with Crippen LogP contribution in [0.25, 0.3) is 0 Å². The van der Waals surface area contributed by atoms with Crippen molar-refractivity contribution >= 4 is 11.8 Å². The molecule has 0 aliphatic rings. The van der Waals surface area contributed by atoms with Crippen molar-refractivity contribution in [2.75, 3.05) is 19.0 Å².